The molecule has 1 amide bonds. The van der Waals surface area contributed by atoms with E-state index in [4.69, 9.17) is 9.47 Å². The lowest BCUT2D eigenvalue weighted by Crippen LogP contribution is -2.60. The number of amides is 1. The van der Waals surface area contributed by atoms with Crippen LogP contribution in [0.1, 0.15) is 29.8 Å². The van der Waals surface area contributed by atoms with E-state index < -0.39 is 0 Å². The average molecular weight is 349 g/mol. The number of carbonyl (C=O) groups is 1. The highest BCUT2D eigenvalue weighted by Crippen LogP contribution is 2.46. The van der Waals surface area contributed by atoms with Crippen molar-refractivity contribution in [3.05, 3.63) is 24.3 Å². The van der Waals surface area contributed by atoms with Gasteiger partial charge in [-0.05, 0) is 25.2 Å². The zero-order valence-electron chi connectivity index (χ0n) is 13.7. The van der Waals surface area contributed by atoms with Crippen molar-refractivity contribution >= 4 is 17.7 Å². The second kappa shape index (κ2) is 6.98. The Morgan fingerprint density at radius 1 is 1.38 bits per heavy atom. The minimum absolute atomic E-state index is 0.0131. The topological polar surface area (TPSA) is 64.6 Å². The van der Waals surface area contributed by atoms with Gasteiger partial charge in [-0.15, -0.1) is 11.8 Å². The molecule has 0 aliphatic carbocycles. The summed E-state index contributed by atoms with van der Waals surface area (Å²) in [6.07, 6.45) is 8.29. The molecule has 7 heteroatoms. The van der Waals surface area contributed by atoms with Crippen molar-refractivity contribution < 1.29 is 14.3 Å². The van der Waals surface area contributed by atoms with Crippen LogP contribution in [0.2, 0.25) is 0 Å². The molecular formula is C17H23N3O3S. The van der Waals surface area contributed by atoms with Crippen molar-refractivity contribution in [2.24, 2.45) is 5.92 Å². The summed E-state index contributed by atoms with van der Waals surface area (Å²) in [5, 5.41) is 0. The number of nitrogens with zero attached hydrogens (tertiary/aromatic N) is 3. The molecule has 1 aromatic heterocycles. The number of carbonyl (C=O) groups excluding carboxylic acids is 1. The lowest BCUT2D eigenvalue weighted by molar-refractivity contribution is -0.0119. The van der Waals surface area contributed by atoms with Crippen molar-refractivity contribution in [2.45, 2.75) is 30.1 Å². The summed E-state index contributed by atoms with van der Waals surface area (Å²) in [4.78, 5) is 22.3. The van der Waals surface area contributed by atoms with Gasteiger partial charge in [-0.3, -0.25) is 9.78 Å². The maximum Gasteiger partial charge on any atom is 0.274 e. The van der Waals surface area contributed by atoms with E-state index in [9.17, 15) is 4.79 Å². The molecule has 3 saturated heterocycles. The monoisotopic (exact) mass is 349 g/mol. The molecule has 3 aliphatic rings. The predicted molar refractivity (Wildman–Crippen MR) is 91.0 cm³/mol. The summed E-state index contributed by atoms with van der Waals surface area (Å²) in [5.41, 5.74) is 0.433. The minimum atomic E-state index is -0.0131. The Morgan fingerprint density at radius 3 is 2.96 bits per heavy atom. The molecule has 0 bridgehead atoms. The van der Waals surface area contributed by atoms with Gasteiger partial charge in [0.05, 0.1) is 17.0 Å². The van der Waals surface area contributed by atoms with Gasteiger partial charge < -0.3 is 14.4 Å². The Morgan fingerprint density at radius 2 is 2.21 bits per heavy atom. The van der Waals surface area contributed by atoms with E-state index in [1.165, 1.54) is 6.20 Å². The minimum Gasteiger partial charge on any atom is -0.381 e. The number of hydrogen-bond acceptors (Lipinski definition) is 6. The van der Waals surface area contributed by atoms with Crippen LogP contribution in [0.25, 0.3) is 0 Å². The third-order valence-electron chi connectivity index (χ3n) is 5.11. The van der Waals surface area contributed by atoms with Crippen LogP contribution in [0.3, 0.4) is 0 Å². The second-order valence-electron chi connectivity index (χ2n) is 6.96. The number of rotatable bonds is 4. The van der Waals surface area contributed by atoms with Crippen LogP contribution >= 0.6 is 11.8 Å². The standard InChI is InChI=1S/C17H23N3O3S/c21-16(15-8-18-3-4-19-15)20-11-17(12-20)7-14(10-24-17)23-9-13-1-5-22-6-2-13/h3-4,8,13-14H,1-2,5-7,9-12H2/t14-/m0/s1. The van der Waals surface area contributed by atoms with Crippen LogP contribution in [-0.4, -0.2) is 70.3 Å². The molecule has 0 aromatic carbocycles. The molecule has 6 nitrogen and oxygen atoms in total. The number of ether oxygens (including phenoxy) is 2. The van der Waals surface area contributed by atoms with E-state index in [0.717, 1.165) is 57.9 Å². The molecule has 130 valence electrons. The summed E-state index contributed by atoms with van der Waals surface area (Å²) in [7, 11) is 0. The zero-order valence-corrected chi connectivity index (χ0v) is 14.5. The lowest BCUT2D eigenvalue weighted by Gasteiger charge is -2.47. The molecule has 0 N–H and O–H groups in total. The third-order valence-corrected chi connectivity index (χ3v) is 6.69. The first kappa shape index (κ1) is 16.3. The summed E-state index contributed by atoms with van der Waals surface area (Å²) in [6, 6.07) is 0. The van der Waals surface area contributed by atoms with E-state index >= 15 is 0 Å². The number of thioether (sulfide) groups is 1. The van der Waals surface area contributed by atoms with Gasteiger partial charge in [-0.1, -0.05) is 0 Å². The lowest BCUT2D eigenvalue weighted by atomic mass is 9.92. The molecule has 3 aliphatic heterocycles. The van der Waals surface area contributed by atoms with E-state index in [1.54, 1.807) is 12.4 Å². The molecule has 24 heavy (non-hydrogen) atoms. The number of aromatic nitrogens is 2. The molecule has 4 rings (SSSR count). The van der Waals surface area contributed by atoms with Gasteiger partial charge in [0.1, 0.15) is 5.69 Å². The first-order valence-corrected chi connectivity index (χ1v) is 9.61. The fraction of sp³-hybridized carbons (Fsp3) is 0.706. The van der Waals surface area contributed by atoms with E-state index in [2.05, 4.69) is 9.97 Å². The first-order valence-electron chi connectivity index (χ1n) is 8.63. The molecule has 4 heterocycles. The summed E-state index contributed by atoms with van der Waals surface area (Å²) < 4.78 is 11.7. The van der Waals surface area contributed by atoms with Crippen LogP contribution in [-0.2, 0) is 9.47 Å². The maximum absolute atomic E-state index is 12.4. The molecule has 1 aromatic rings. The predicted octanol–water partition coefficient (Wildman–Crippen LogP) is 1.62. The highest BCUT2D eigenvalue weighted by atomic mass is 32.2. The molecule has 1 spiro atoms. The molecule has 1 atom stereocenters. The molecule has 0 radical (unpaired) electrons. The van der Waals surface area contributed by atoms with Crippen molar-refractivity contribution in [2.75, 3.05) is 38.7 Å². The Kier molecular flexibility index (Phi) is 4.74. The first-order chi connectivity index (χ1) is 11.7. The fourth-order valence-corrected chi connectivity index (χ4v) is 5.23. The summed E-state index contributed by atoms with van der Waals surface area (Å²) in [5.74, 6) is 1.67. The summed E-state index contributed by atoms with van der Waals surface area (Å²) >= 11 is 1.96. The normalized spacial score (nSPS) is 26.5. The van der Waals surface area contributed by atoms with Gasteiger partial charge in [0.25, 0.3) is 5.91 Å². The Hall–Kier alpha value is -1.18. The number of likely N-dealkylation sites (tertiary alicyclic amines) is 1. The van der Waals surface area contributed by atoms with Crippen LogP contribution in [0.5, 0.6) is 0 Å². The van der Waals surface area contributed by atoms with Crippen molar-refractivity contribution in [1.82, 2.24) is 14.9 Å². The maximum atomic E-state index is 12.4. The molecule has 0 saturated carbocycles. The SMILES string of the molecule is O=C(c1cnccn1)N1CC2(C[C@H](OCC3CCOCC3)CS2)C1. The third kappa shape index (κ3) is 3.43. The van der Waals surface area contributed by atoms with Gasteiger partial charge in [-0.25, -0.2) is 4.98 Å². The largest absolute Gasteiger partial charge is 0.381 e. The van der Waals surface area contributed by atoms with Gasteiger partial charge in [0, 0.05) is 51.1 Å². The highest BCUT2D eigenvalue weighted by Gasteiger charge is 2.51. The zero-order chi connectivity index (χ0) is 16.4. The molecular weight excluding hydrogens is 326 g/mol. The van der Waals surface area contributed by atoms with Gasteiger partial charge in [0.2, 0.25) is 0 Å². The van der Waals surface area contributed by atoms with Gasteiger partial charge in [-0.2, -0.15) is 0 Å². The molecule has 0 unspecified atom stereocenters. The van der Waals surface area contributed by atoms with Crippen LogP contribution in [0, 0.1) is 5.92 Å². The fourth-order valence-electron chi connectivity index (χ4n) is 3.68. The molecule has 3 fully saturated rings. The van der Waals surface area contributed by atoms with Gasteiger partial charge >= 0.3 is 0 Å². The Balaban J connectivity index is 1.23. The van der Waals surface area contributed by atoms with E-state index in [0.29, 0.717) is 17.7 Å². The van der Waals surface area contributed by atoms with Crippen molar-refractivity contribution in [3.63, 3.8) is 0 Å². The quantitative estimate of drug-likeness (QED) is 0.823. The second-order valence-corrected chi connectivity index (χ2v) is 8.45. The van der Waals surface area contributed by atoms with E-state index in [1.807, 2.05) is 16.7 Å². The number of hydrogen-bond donors (Lipinski definition) is 0. The Bertz CT molecular complexity index is 574. The smallest absolute Gasteiger partial charge is 0.274 e. The summed E-state index contributed by atoms with van der Waals surface area (Å²) in [6.45, 7) is 4.19. The highest BCUT2D eigenvalue weighted by molar-refractivity contribution is 8.01. The van der Waals surface area contributed by atoms with Crippen molar-refractivity contribution in [3.8, 4) is 0 Å². The average Bonchev–Trinajstić information content (AvgIpc) is 3.04. The van der Waals surface area contributed by atoms with Crippen LogP contribution in [0.15, 0.2) is 18.6 Å². The van der Waals surface area contributed by atoms with Crippen LogP contribution in [0.4, 0.5) is 0 Å². The van der Waals surface area contributed by atoms with Gasteiger partial charge in [0.15, 0.2) is 0 Å². The van der Waals surface area contributed by atoms with Crippen LogP contribution < -0.4 is 0 Å². The van der Waals surface area contributed by atoms with Crippen molar-refractivity contribution in [1.29, 1.82) is 0 Å². The Labute approximate surface area is 146 Å². The van der Waals surface area contributed by atoms with E-state index in [-0.39, 0.29) is 10.7 Å².